The van der Waals surface area contributed by atoms with Crippen LogP contribution in [-0.2, 0) is 32.1 Å². The summed E-state index contributed by atoms with van der Waals surface area (Å²) >= 11 is 0. The number of hydrogen-bond donors (Lipinski definition) is 5. The van der Waals surface area contributed by atoms with Crippen LogP contribution in [0.15, 0.2) is 52.4 Å². The van der Waals surface area contributed by atoms with E-state index in [4.69, 9.17) is 10.6 Å². The van der Waals surface area contributed by atoms with E-state index in [0.717, 1.165) is 35.1 Å². The summed E-state index contributed by atoms with van der Waals surface area (Å²) in [6.07, 6.45) is 3.15. The summed E-state index contributed by atoms with van der Waals surface area (Å²) in [7, 11) is 1.45. The number of aromatic hydroxyl groups is 1. The smallest absolute Gasteiger partial charge is 0.255 e. The van der Waals surface area contributed by atoms with Crippen LogP contribution in [0.1, 0.15) is 48.4 Å². The van der Waals surface area contributed by atoms with Crippen molar-refractivity contribution in [3.63, 3.8) is 0 Å². The number of aryl methyl sites for hydroxylation is 1. The Morgan fingerprint density at radius 3 is 2.58 bits per heavy atom. The molecule has 0 spiro atoms. The topological polar surface area (TPSA) is 180 Å². The molecule has 0 aliphatic heterocycles. The van der Waals surface area contributed by atoms with Crippen molar-refractivity contribution in [2.24, 2.45) is 22.7 Å². The largest absolute Gasteiger partial charge is 0.508 e. The maximum atomic E-state index is 13.7. The number of ketones is 2. The molecule has 3 aliphatic carbocycles. The molecule has 10 nitrogen and oxygen atoms in total. The van der Waals surface area contributed by atoms with Crippen molar-refractivity contribution >= 4 is 29.4 Å². The number of benzene rings is 2. The number of fused-ring (bicyclic) bond motifs is 3. The Bertz CT molecular complexity index is 1550. The molecule has 0 aromatic heterocycles. The summed E-state index contributed by atoms with van der Waals surface area (Å²) in [5.74, 6) is -6.52. The molecule has 1 fully saturated rings. The molecule has 1 amide bonds. The highest BCUT2D eigenvalue weighted by Gasteiger charge is 2.60. The van der Waals surface area contributed by atoms with E-state index in [1.165, 1.54) is 13.2 Å². The van der Waals surface area contributed by atoms with Crippen molar-refractivity contribution in [3.8, 4) is 16.9 Å². The minimum Gasteiger partial charge on any atom is -0.508 e. The van der Waals surface area contributed by atoms with Crippen LogP contribution in [-0.4, -0.2) is 56.8 Å². The number of primary amides is 1. The highest BCUT2D eigenvalue weighted by Crippen LogP contribution is 2.53. The van der Waals surface area contributed by atoms with Crippen LogP contribution in [0.25, 0.3) is 16.9 Å². The number of nitrogens with two attached hydrogens (primary N) is 1. The van der Waals surface area contributed by atoms with Gasteiger partial charge in [-0.15, -0.1) is 0 Å². The summed E-state index contributed by atoms with van der Waals surface area (Å²) in [6, 6.07) is 9.04. The average Bonchev–Trinajstić information content (AvgIpc) is 2.90. The number of Topliss-reactive ketones (excluding diaryl/α,β-unsaturated/α-hetero) is 2. The monoisotopic (exact) mass is 546 g/mol. The van der Waals surface area contributed by atoms with Gasteiger partial charge in [0.15, 0.2) is 11.4 Å². The molecule has 3 aliphatic rings. The number of phenols is 1. The van der Waals surface area contributed by atoms with E-state index < -0.39 is 52.0 Å². The minimum absolute atomic E-state index is 0.0584. The molecule has 2 aromatic rings. The van der Waals surface area contributed by atoms with E-state index in [-0.39, 0.29) is 36.1 Å². The summed E-state index contributed by atoms with van der Waals surface area (Å²) in [5.41, 5.74) is 5.79. The predicted molar refractivity (Wildman–Crippen MR) is 145 cm³/mol. The Kier molecular flexibility index (Phi) is 6.75. The zero-order valence-corrected chi connectivity index (χ0v) is 22.1. The van der Waals surface area contributed by atoms with Gasteiger partial charge in [0.2, 0.25) is 5.78 Å². The van der Waals surface area contributed by atoms with Crippen molar-refractivity contribution in [2.75, 3.05) is 7.11 Å². The number of aliphatic hydroxyl groups is 3. The van der Waals surface area contributed by atoms with Gasteiger partial charge in [0, 0.05) is 17.9 Å². The van der Waals surface area contributed by atoms with Gasteiger partial charge in [-0.25, -0.2) is 0 Å². The third-order valence-corrected chi connectivity index (χ3v) is 8.20. The lowest BCUT2D eigenvalue weighted by atomic mass is 9.59. The van der Waals surface area contributed by atoms with Gasteiger partial charge in [0.05, 0.1) is 11.8 Å². The Labute approximate surface area is 230 Å². The Morgan fingerprint density at radius 2 is 1.90 bits per heavy atom. The fraction of sp³-hybridized carbons (Fsp3) is 0.333. The van der Waals surface area contributed by atoms with Crippen LogP contribution < -0.4 is 5.73 Å². The van der Waals surface area contributed by atoms with Gasteiger partial charge in [-0.3, -0.25) is 14.4 Å². The number of oxime groups is 1. The number of amides is 1. The molecule has 1 saturated carbocycles. The number of nitrogens with zero attached hydrogens (tertiary/aromatic N) is 1. The lowest BCUT2D eigenvalue weighted by molar-refractivity contribution is -0.147. The lowest BCUT2D eigenvalue weighted by Crippen LogP contribution is -2.58. The Morgan fingerprint density at radius 1 is 1.15 bits per heavy atom. The van der Waals surface area contributed by atoms with Crippen LogP contribution in [0.3, 0.4) is 0 Å². The van der Waals surface area contributed by atoms with E-state index >= 15 is 0 Å². The van der Waals surface area contributed by atoms with E-state index in [1.54, 1.807) is 12.3 Å². The summed E-state index contributed by atoms with van der Waals surface area (Å²) in [5, 5.41) is 48.3. The number of hydrogen-bond acceptors (Lipinski definition) is 9. The molecule has 10 heteroatoms. The van der Waals surface area contributed by atoms with Gasteiger partial charge in [-0.1, -0.05) is 36.7 Å². The van der Waals surface area contributed by atoms with Gasteiger partial charge in [-0.2, -0.15) is 0 Å². The molecular formula is C30H30N2O8. The Balaban J connectivity index is 1.70. The molecular weight excluding hydrogens is 516 g/mol. The van der Waals surface area contributed by atoms with Crippen molar-refractivity contribution in [3.05, 3.63) is 69.5 Å². The van der Waals surface area contributed by atoms with Crippen molar-refractivity contribution in [1.29, 1.82) is 0 Å². The minimum atomic E-state index is -2.59. The van der Waals surface area contributed by atoms with Gasteiger partial charge in [-0.05, 0) is 65.1 Å². The molecule has 0 unspecified atom stereocenters. The lowest BCUT2D eigenvalue weighted by Gasteiger charge is -2.46. The highest BCUT2D eigenvalue weighted by molar-refractivity contribution is 6.22. The maximum absolute atomic E-state index is 13.7. The molecule has 0 saturated heterocycles. The molecule has 3 atom stereocenters. The molecule has 5 rings (SSSR count). The molecule has 2 aromatic carbocycles. The second-order valence-electron chi connectivity index (χ2n) is 10.5. The number of carbonyl (C=O) groups excluding carboxylic acids is 3. The van der Waals surface area contributed by atoms with Crippen LogP contribution >= 0.6 is 0 Å². The fourth-order valence-electron chi connectivity index (χ4n) is 6.40. The van der Waals surface area contributed by atoms with Crippen LogP contribution in [0.5, 0.6) is 5.75 Å². The molecule has 6 N–H and O–H groups in total. The van der Waals surface area contributed by atoms with Crippen LogP contribution in [0.2, 0.25) is 0 Å². The SMILES string of the molecule is CCCc1ccc(/C=N/OC)cc1-c1ccc(O)c2c1C[C@H]1C[C@H]3CC(=O)C(C(N)=O)=C(O)[C@@]3(O)C(=O)C1=C2O. The molecule has 0 radical (unpaired) electrons. The van der Waals surface area contributed by atoms with E-state index in [0.29, 0.717) is 5.56 Å². The van der Waals surface area contributed by atoms with Crippen LogP contribution in [0.4, 0.5) is 0 Å². The number of aliphatic hydroxyl groups excluding tert-OH is 2. The van der Waals surface area contributed by atoms with Gasteiger partial charge in [0.25, 0.3) is 5.91 Å². The maximum Gasteiger partial charge on any atom is 0.255 e. The summed E-state index contributed by atoms with van der Waals surface area (Å²) in [4.78, 5) is 43.0. The third kappa shape index (κ3) is 3.98. The predicted octanol–water partition coefficient (Wildman–Crippen LogP) is 3.02. The Hall–Kier alpha value is -4.44. The molecule has 208 valence electrons. The van der Waals surface area contributed by atoms with Crippen molar-refractivity contribution < 1.29 is 39.6 Å². The normalized spacial score (nSPS) is 24.2. The summed E-state index contributed by atoms with van der Waals surface area (Å²) in [6.45, 7) is 2.06. The van der Waals surface area contributed by atoms with Crippen molar-refractivity contribution in [1.82, 2.24) is 0 Å². The quantitative estimate of drug-likeness (QED) is 0.208. The standard InChI is InChI=1S/C30H30N2O8/c1-3-4-15-6-5-14(13-32-40-2)9-19(15)18-7-8-21(33)24-20(18)11-16-10-17-12-22(34)25(29(31)38)28(37)30(17,39)27(36)23(16)26(24)35/h5-9,13,16-17,33,35,37,39H,3-4,10-12H2,1-2H3,(H2,31,38)/b32-13+/t16-,17+,30+/m1/s1. The first-order valence-electron chi connectivity index (χ1n) is 13.1. The first kappa shape index (κ1) is 27.1. The number of phenolic OH excluding ortho intramolecular Hbond substituents is 1. The second-order valence-corrected chi connectivity index (χ2v) is 10.5. The second kappa shape index (κ2) is 9.95. The summed E-state index contributed by atoms with van der Waals surface area (Å²) < 4.78 is 0. The van der Waals surface area contributed by atoms with Gasteiger partial charge >= 0.3 is 0 Å². The highest BCUT2D eigenvalue weighted by atomic mass is 16.6. The molecule has 0 heterocycles. The molecule has 0 bridgehead atoms. The zero-order chi connectivity index (χ0) is 28.9. The van der Waals surface area contributed by atoms with Gasteiger partial charge in [0.1, 0.15) is 30.0 Å². The average molecular weight is 547 g/mol. The fourth-order valence-corrected chi connectivity index (χ4v) is 6.40. The van der Waals surface area contributed by atoms with E-state index in [1.807, 2.05) is 18.2 Å². The third-order valence-electron chi connectivity index (χ3n) is 8.20. The number of rotatable bonds is 6. The van der Waals surface area contributed by atoms with Gasteiger partial charge < -0.3 is 31.0 Å². The number of carbonyl (C=O) groups is 3. The van der Waals surface area contributed by atoms with Crippen molar-refractivity contribution in [2.45, 2.75) is 44.6 Å². The first-order valence-corrected chi connectivity index (χ1v) is 13.1. The van der Waals surface area contributed by atoms with E-state index in [9.17, 15) is 34.8 Å². The zero-order valence-electron chi connectivity index (χ0n) is 22.1. The van der Waals surface area contributed by atoms with Crippen LogP contribution in [0, 0.1) is 11.8 Å². The molecule has 40 heavy (non-hydrogen) atoms. The first-order chi connectivity index (χ1) is 19.0. The van der Waals surface area contributed by atoms with E-state index in [2.05, 4.69) is 12.1 Å².